The Morgan fingerprint density at radius 3 is 2.46 bits per heavy atom. The van der Waals surface area contributed by atoms with Gasteiger partial charge in [0.15, 0.2) is 0 Å². The fraction of sp³-hybridized carbons (Fsp3) is 0.619. The summed E-state index contributed by atoms with van der Waals surface area (Å²) in [5.41, 5.74) is 1.94. The van der Waals surface area contributed by atoms with E-state index in [-0.39, 0.29) is 17.9 Å². The van der Waals surface area contributed by atoms with E-state index in [1.54, 1.807) is 4.90 Å². The summed E-state index contributed by atoms with van der Waals surface area (Å²) in [6, 6.07) is 8.06. The van der Waals surface area contributed by atoms with Gasteiger partial charge >= 0.3 is 0 Å². The van der Waals surface area contributed by atoms with Crippen molar-refractivity contribution in [1.82, 2.24) is 4.90 Å². The third kappa shape index (κ3) is 4.99. The summed E-state index contributed by atoms with van der Waals surface area (Å²) in [7, 11) is 0. The van der Waals surface area contributed by atoms with Gasteiger partial charge in [0.2, 0.25) is 11.8 Å². The number of likely N-dealkylation sites (tertiary alicyclic amines) is 1. The second kappa shape index (κ2) is 9.60. The van der Waals surface area contributed by atoms with Gasteiger partial charge in [0.25, 0.3) is 0 Å². The Kier molecular flexibility index (Phi) is 7.49. The normalized spacial score (nSPS) is 17.3. The van der Waals surface area contributed by atoms with Crippen molar-refractivity contribution in [3.05, 3.63) is 24.3 Å². The number of hydrogen-bond donors (Lipinski definition) is 1. The fourth-order valence-corrected chi connectivity index (χ4v) is 3.67. The van der Waals surface area contributed by atoms with Crippen molar-refractivity contribution in [2.45, 2.75) is 71.9 Å². The molecule has 1 unspecified atom stereocenters. The summed E-state index contributed by atoms with van der Waals surface area (Å²) in [4.78, 5) is 29.2. The van der Waals surface area contributed by atoms with Crippen LogP contribution in [-0.4, -0.2) is 41.9 Å². The highest BCUT2D eigenvalue weighted by atomic mass is 16.2. The summed E-state index contributed by atoms with van der Waals surface area (Å²) in [5.74, 6) is 0.0244. The van der Waals surface area contributed by atoms with Crippen LogP contribution in [0.2, 0.25) is 0 Å². The second-order valence-corrected chi connectivity index (χ2v) is 7.26. The molecule has 2 amide bonds. The van der Waals surface area contributed by atoms with Gasteiger partial charge in [-0.05, 0) is 70.7 Å². The number of rotatable bonds is 7. The molecule has 1 aliphatic heterocycles. The van der Waals surface area contributed by atoms with Crippen molar-refractivity contribution in [3.8, 4) is 0 Å². The number of nitrogens with zero attached hydrogens (tertiary/aromatic N) is 2. The van der Waals surface area contributed by atoms with Crippen molar-refractivity contribution < 1.29 is 9.59 Å². The maximum absolute atomic E-state index is 12.8. The quantitative estimate of drug-likeness (QED) is 0.799. The van der Waals surface area contributed by atoms with Crippen LogP contribution in [-0.2, 0) is 9.59 Å². The Balaban J connectivity index is 2.04. The first-order valence-corrected chi connectivity index (χ1v) is 9.95. The molecule has 26 heavy (non-hydrogen) atoms. The molecule has 0 aliphatic carbocycles. The van der Waals surface area contributed by atoms with Crippen LogP contribution in [0, 0.1) is 0 Å². The highest BCUT2D eigenvalue weighted by Gasteiger charge is 2.31. The summed E-state index contributed by atoms with van der Waals surface area (Å²) in [6.07, 6.45) is 4.05. The van der Waals surface area contributed by atoms with E-state index in [4.69, 9.17) is 0 Å². The molecule has 144 valence electrons. The lowest BCUT2D eigenvalue weighted by atomic mass is 10.0. The van der Waals surface area contributed by atoms with Crippen LogP contribution in [0.5, 0.6) is 0 Å². The van der Waals surface area contributed by atoms with E-state index in [9.17, 15) is 9.59 Å². The van der Waals surface area contributed by atoms with E-state index in [0.717, 1.165) is 43.6 Å². The predicted molar refractivity (Wildman–Crippen MR) is 107 cm³/mol. The smallest absolute Gasteiger partial charge is 0.247 e. The van der Waals surface area contributed by atoms with Gasteiger partial charge in [0.05, 0.1) is 0 Å². The van der Waals surface area contributed by atoms with Gasteiger partial charge in [0, 0.05) is 36.9 Å². The molecule has 1 heterocycles. The minimum Gasteiger partial charge on any atom is -0.369 e. The molecule has 1 saturated heterocycles. The molecule has 0 spiro atoms. The lowest BCUT2D eigenvalue weighted by molar-refractivity contribution is -0.140. The van der Waals surface area contributed by atoms with Crippen molar-refractivity contribution >= 4 is 23.2 Å². The van der Waals surface area contributed by atoms with Crippen molar-refractivity contribution in [3.63, 3.8) is 0 Å². The molecule has 0 aromatic heterocycles. The van der Waals surface area contributed by atoms with Gasteiger partial charge in [-0.3, -0.25) is 9.59 Å². The van der Waals surface area contributed by atoms with E-state index in [2.05, 4.69) is 31.0 Å². The molecule has 1 aromatic rings. The molecule has 0 bridgehead atoms. The number of hydrogen-bond acceptors (Lipinski definition) is 3. The first kappa shape index (κ1) is 20.3. The van der Waals surface area contributed by atoms with E-state index >= 15 is 0 Å². The Labute approximate surface area is 157 Å². The number of piperidine rings is 1. The van der Waals surface area contributed by atoms with Gasteiger partial charge in [-0.1, -0.05) is 6.92 Å². The Morgan fingerprint density at radius 2 is 1.88 bits per heavy atom. The molecule has 1 aliphatic rings. The maximum atomic E-state index is 12.8. The highest BCUT2D eigenvalue weighted by molar-refractivity contribution is 5.97. The van der Waals surface area contributed by atoms with E-state index in [1.807, 2.05) is 31.2 Å². The number of nitrogens with one attached hydrogen (secondary N) is 1. The van der Waals surface area contributed by atoms with Crippen molar-refractivity contribution in [2.24, 2.45) is 0 Å². The summed E-state index contributed by atoms with van der Waals surface area (Å²) in [6.45, 7) is 10.1. The average molecular weight is 360 g/mol. The molecule has 1 atom stereocenters. The van der Waals surface area contributed by atoms with Crippen LogP contribution in [0.1, 0.15) is 59.8 Å². The molecule has 1 N–H and O–H groups in total. The SMILES string of the molecule is CCCC(=O)N1CCCCC1C(=O)Nc1ccc(N(CC)C(C)C)cc1. The van der Waals surface area contributed by atoms with Crippen molar-refractivity contribution in [2.75, 3.05) is 23.3 Å². The third-order valence-corrected chi connectivity index (χ3v) is 5.02. The number of anilines is 2. The number of carbonyl (C=O) groups excluding carboxylic acids is 2. The van der Waals surface area contributed by atoms with Gasteiger partial charge in [0.1, 0.15) is 6.04 Å². The summed E-state index contributed by atoms with van der Waals surface area (Å²) < 4.78 is 0. The van der Waals surface area contributed by atoms with E-state index < -0.39 is 0 Å². The molecule has 1 fully saturated rings. The highest BCUT2D eigenvalue weighted by Crippen LogP contribution is 2.23. The number of benzene rings is 1. The Hall–Kier alpha value is -2.04. The topological polar surface area (TPSA) is 52.7 Å². The van der Waals surface area contributed by atoms with Crippen LogP contribution in [0.15, 0.2) is 24.3 Å². The lowest BCUT2D eigenvalue weighted by Crippen LogP contribution is -2.49. The molecular weight excluding hydrogens is 326 g/mol. The first-order valence-electron chi connectivity index (χ1n) is 9.95. The van der Waals surface area contributed by atoms with Crippen LogP contribution < -0.4 is 10.2 Å². The first-order chi connectivity index (χ1) is 12.5. The second-order valence-electron chi connectivity index (χ2n) is 7.26. The van der Waals surface area contributed by atoms with E-state index in [1.165, 1.54) is 0 Å². The fourth-order valence-electron chi connectivity index (χ4n) is 3.67. The van der Waals surface area contributed by atoms with Gasteiger partial charge in [-0.2, -0.15) is 0 Å². The molecule has 2 rings (SSSR count). The molecule has 0 saturated carbocycles. The zero-order valence-corrected chi connectivity index (χ0v) is 16.6. The Morgan fingerprint density at radius 1 is 1.19 bits per heavy atom. The van der Waals surface area contributed by atoms with Crippen LogP contribution in [0.3, 0.4) is 0 Å². The minimum absolute atomic E-state index is 0.0712. The van der Waals surface area contributed by atoms with Crippen molar-refractivity contribution in [1.29, 1.82) is 0 Å². The maximum Gasteiger partial charge on any atom is 0.247 e. The monoisotopic (exact) mass is 359 g/mol. The largest absolute Gasteiger partial charge is 0.369 e. The van der Waals surface area contributed by atoms with Crippen LogP contribution in [0.25, 0.3) is 0 Å². The van der Waals surface area contributed by atoms with Gasteiger partial charge < -0.3 is 15.1 Å². The van der Waals surface area contributed by atoms with E-state index in [0.29, 0.717) is 19.0 Å². The molecule has 5 nitrogen and oxygen atoms in total. The molecule has 0 radical (unpaired) electrons. The summed E-state index contributed by atoms with van der Waals surface area (Å²) in [5, 5.41) is 3.00. The number of carbonyl (C=O) groups is 2. The molecule has 1 aromatic carbocycles. The molecule has 5 heteroatoms. The van der Waals surface area contributed by atoms with Gasteiger partial charge in [-0.25, -0.2) is 0 Å². The zero-order valence-electron chi connectivity index (χ0n) is 16.6. The Bertz CT molecular complexity index is 598. The third-order valence-electron chi connectivity index (χ3n) is 5.02. The minimum atomic E-state index is -0.342. The van der Waals surface area contributed by atoms with Gasteiger partial charge in [-0.15, -0.1) is 0 Å². The summed E-state index contributed by atoms with van der Waals surface area (Å²) >= 11 is 0. The zero-order chi connectivity index (χ0) is 19.1. The van der Waals surface area contributed by atoms with Crippen LogP contribution >= 0.6 is 0 Å². The lowest BCUT2D eigenvalue weighted by Gasteiger charge is -2.34. The van der Waals surface area contributed by atoms with Crippen LogP contribution in [0.4, 0.5) is 11.4 Å². The average Bonchev–Trinajstić information content (AvgIpc) is 2.63. The standard InChI is InChI=1S/C21H33N3O2/c1-5-9-20(25)24-15-8-7-10-19(24)21(26)22-17-11-13-18(14-12-17)23(6-2)16(3)4/h11-14,16,19H,5-10,15H2,1-4H3,(H,22,26). The molecular formula is C21H33N3O2. The predicted octanol–water partition coefficient (Wildman–Crippen LogP) is 4.04. The number of amides is 2.